The Bertz CT molecular complexity index is 272. The molecule has 0 spiro atoms. The van der Waals surface area contributed by atoms with Crippen LogP contribution in [-0.4, -0.2) is 60.5 Å². The fourth-order valence-electron chi connectivity index (χ4n) is 3.39. The first kappa shape index (κ1) is 13.8. The Kier molecular flexibility index (Phi) is 5.01. The average Bonchev–Trinajstić information content (AvgIpc) is 3.00. The Balaban J connectivity index is 1.89. The molecule has 4 nitrogen and oxygen atoms in total. The van der Waals surface area contributed by atoms with E-state index in [-0.39, 0.29) is 0 Å². The lowest BCUT2D eigenvalue weighted by Gasteiger charge is -2.30. The van der Waals surface area contributed by atoms with Gasteiger partial charge >= 0.3 is 0 Å². The van der Waals surface area contributed by atoms with Crippen LogP contribution < -0.4 is 5.32 Å². The number of amides is 1. The number of likely N-dealkylation sites (tertiary alicyclic amines) is 1. The average molecular weight is 253 g/mol. The molecule has 2 heterocycles. The molecule has 2 saturated heterocycles. The van der Waals surface area contributed by atoms with Crippen molar-refractivity contribution in [3.05, 3.63) is 0 Å². The lowest BCUT2D eigenvalue weighted by Crippen LogP contribution is -2.48. The molecule has 104 valence electrons. The van der Waals surface area contributed by atoms with Crippen LogP contribution in [-0.2, 0) is 4.79 Å². The predicted octanol–water partition coefficient (Wildman–Crippen LogP) is 1.07. The number of carbonyl (C=O) groups excluding carboxylic acids is 1. The molecule has 2 aliphatic heterocycles. The van der Waals surface area contributed by atoms with Crippen LogP contribution in [0.15, 0.2) is 0 Å². The zero-order chi connectivity index (χ0) is 13.0. The smallest absolute Gasteiger partial charge is 0.236 e. The maximum atomic E-state index is 12.2. The van der Waals surface area contributed by atoms with Crippen molar-refractivity contribution < 1.29 is 4.79 Å². The largest absolute Gasteiger partial charge is 0.342 e. The molecule has 0 aromatic rings. The van der Waals surface area contributed by atoms with E-state index >= 15 is 0 Å². The van der Waals surface area contributed by atoms with Crippen LogP contribution in [0.1, 0.15) is 39.5 Å². The third kappa shape index (κ3) is 3.04. The number of carbonyl (C=O) groups is 1. The Hall–Kier alpha value is -0.610. The third-order valence-corrected chi connectivity index (χ3v) is 4.43. The quantitative estimate of drug-likeness (QED) is 0.796. The van der Waals surface area contributed by atoms with Gasteiger partial charge in [-0.25, -0.2) is 0 Å². The van der Waals surface area contributed by atoms with E-state index in [2.05, 4.69) is 24.1 Å². The number of nitrogens with zero attached hydrogens (tertiary/aromatic N) is 2. The van der Waals surface area contributed by atoms with E-state index in [1.807, 2.05) is 4.90 Å². The van der Waals surface area contributed by atoms with Crippen molar-refractivity contribution in [2.75, 3.05) is 32.7 Å². The van der Waals surface area contributed by atoms with E-state index in [9.17, 15) is 4.79 Å². The molecule has 2 unspecified atom stereocenters. The van der Waals surface area contributed by atoms with Crippen LogP contribution in [0.3, 0.4) is 0 Å². The van der Waals surface area contributed by atoms with Crippen molar-refractivity contribution in [3.63, 3.8) is 0 Å². The lowest BCUT2D eigenvalue weighted by atomic mass is 10.0. The number of rotatable bonds is 5. The Labute approximate surface area is 111 Å². The highest BCUT2D eigenvalue weighted by molar-refractivity contribution is 5.78. The molecule has 0 aromatic heterocycles. The second-order valence-corrected chi connectivity index (χ2v) is 5.45. The van der Waals surface area contributed by atoms with Gasteiger partial charge < -0.3 is 10.2 Å². The second kappa shape index (κ2) is 6.53. The number of hydrogen-bond acceptors (Lipinski definition) is 3. The first-order valence-corrected chi connectivity index (χ1v) is 7.51. The van der Waals surface area contributed by atoms with Crippen molar-refractivity contribution in [3.8, 4) is 0 Å². The first-order valence-electron chi connectivity index (χ1n) is 7.51. The zero-order valence-electron chi connectivity index (χ0n) is 11.8. The van der Waals surface area contributed by atoms with Gasteiger partial charge in [-0.15, -0.1) is 0 Å². The molecule has 0 aliphatic carbocycles. The number of hydrogen-bond donors (Lipinski definition) is 1. The fraction of sp³-hybridized carbons (Fsp3) is 0.929. The van der Waals surface area contributed by atoms with Gasteiger partial charge in [0.05, 0.1) is 6.54 Å². The number of nitrogens with one attached hydrogen (secondary N) is 1. The summed E-state index contributed by atoms with van der Waals surface area (Å²) in [6.45, 7) is 8.63. The van der Waals surface area contributed by atoms with Crippen molar-refractivity contribution in [2.24, 2.45) is 0 Å². The van der Waals surface area contributed by atoms with E-state index in [0.717, 1.165) is 26.2 Å². The molecule has 18 heavy (non-hydrogen) atoms. The Morgan fingerprint density at radius 1 is 1.28 bits per heavy atom. The predicted molar refractivity (Wildman–Crippen MR) is 73.5 cm³/mol. The van der Waals surface area contributed by atoms with Gasteiger partial charge in [0.1, 0.15) is 0 Å². The van der Waals surface area contributed by atoms with Gasteiger partial charge in [0, 0.05) is 25.2 Å². The van der Waals surface area contributed by atoms with E-state index in [1.54, 1.807) is 0 Å². The molecule has 2 aliphatic rings. The molecule has 0 saturated carbocycles. The zero-order valence-corrected chi connectivity index (χ0v) is 11.8. The van der Waals surface area contributed by atoms with Crippen molar-refractivity contribution in [1.29, 1.82) is 0 Å². The molecule has 2 rings (SSSR count). The minimum Gasteiger partial charge on any atom is -0.342 e. The third-order valence-electron chi connectivity index (χ3n) is 4.43. The monoisotopic (exact) mass is 253 g/mol. The maximum Gasteiger partial charge on any atom is 0.236 e. The highest BCUT2D eigenvalue weighted by Crippen LogP contribution is 2.24. The summed E-state index contributed by atoms with van der Waals surface area (Å²) in [5.74, 6) is 0.296. The van der Waals surface area contributed by atoms with Gasteiger partial charge in [-0.2, -0.15) is 0 Å². The van der Waals surface area contributed by atoms with Crippen LogP contribution in [0.4, 0.5) is 0 Å². The maximum absolute atomic E-state index is 12.2. The van der Waals surface area contributed by atoms with Crippen LogP contribution >= 0.6 is 0 Å². The molecule has 1 N–H and O–H groups in total. The van der Waals surface area contributed by atoms with Crippen molar-refractivity contribution in [2.45, 2.75) is 51.6 Å². The van der Waals surface area contributed by atoms with Crippen LogP contribution in [0, 0.1) is 0 Å². The molecule has 2 atom stereocenters. The minimum atomic E-state index is 0.296. The van der Waals surface area contributed by atoms with Crippen LogP contribution in [0.5, 0.6) is 0 Å². The fourth-order valence-corrected chi connectivity index (χ4v) is 3.39. The summed E-state index contributed by atoms with van der Waals surface area (Å²) in [5.41, 5.74) is 0. The molecular formula is C14H27N3O. The molecular weight excluding hydrogens is 226 g/mol. The van der Waals surface area contributed by atoms with E-state index in [0.29, 0.717) is 24.5 Å². The van der Waals surface area contributed by atoms with Crippen molar-refractivity contribution in [1.82, 2.24) is 15.1 Å². The number of likely N-dealkylation sites (N-methyl/N-ethyl adjacent to an activating group) is 1. The van der Waals surface area contributed by atoms with Crippen molar-refractivity contribution >= 4 is 5.91 Å². The van der Waals surface area contributed by atoms with Gasteiger partial charge in [-0.05, 0) is 52.6 Å². The SMILES string of the molecule is CCN(CC)C(=O)CN1CCCC1C1CCCN1. The molecule has 0 bridgehead atoms. The van der Waals surface area contributed by atoms with Crippen LogP contribution in [0.25, 0.3) is 0 Å². The highest BCUT2D eigenvalue weighted by Gasteiger charge is 2.34. The molecule has 0 aromatic carbocycles. The first-order chi connectivity index (χ1) is 8.76. The Morgan fingerprint density at radius 2 is 2.06 bits per heavy atom. The summed E-state index contributed by atoms with van der Waals surface area (Å²) in [4.78, 5) is 16.5. The summed E-state index contributed by atoms with van der Waals surface area (Å²) in [5, 5.41) is 3.59. The summed E-state index contributed by atoms with van der Waals surface area (Å²) >= 11 is 0. The van der Waals surface area contributed by atoms with Gasteiger partial charge in [0.2, 0.25) is 5.91 Å². The molecule has 0 radical (unpaired) electrons. The van der Waals surface area contributed by atoms with E-state index < -0.39 is 0 Å². The Morgan fingerprint density at radius 3 is 2.67 bits per heavy atom. The second-order valence-electron chi connectivity index (χ2n) is 5.45. The van der Waals surface area contributed by atoms with Gasteiger partial charge in [0.25, 0.3) is 0 Å². The van der Waals surface area contributed by atoms with Gasteiger partial charge in [0.15, 0.2) is 0 Å². The summed E-state index contributed by atoms with van der Waals surface area (Å²) in [6, 6.07) is 1.21. The minimum absolute atomic E-state index is 0.296. The molecule has 4 heteroatoms. The van der Waals surface area contributed by atoms with Gasteiger partial charge in [-0.3, -0.25) is 9.69 Å². The summed E-state index contributed by atoms with van der Waals surface area (Å²) in [6.07, 6.45) is 5.07. The summed E-state index contributed by atoms with van der Waals surface area (Å²) in [7, 11) is 0. The van der Waals surface area contributed by atoms with E-state index in [4.69, 9.17) is 0 Å². The topological polar surface area (TPSA) is 35.6 Å². The highest BCUT2D eigenvalue weighted by atomic mass is 16.2. The van der Waals surface area contributed by atoms with E-state index in [1.165, 1.54) is 25.7 Å². The standard InChI is InChI=1S/C14H27N3O/c1-3-16(4-2)14(18)11-17-10-6-8-13(17)12-7-5-9-15-12/h12-13,15H,3-11H2,1-2H3. The van der Waals surface area contributed by atoms with Gasteiger partial charge in [-0.1, -0.05) is 0 Å². The summed E-state index contributed by atoms with van der Waals surface area (Å²) < 4.78 is 0. The normalized spacial score (nSPS) is 28.8. The molecule has 1 amide bonds. The lowest BCUT2D eigenvalue weighted by molar-refractivity contribution is -0.132. The molecule has 2 fully saturated rings. The van der Waals surface area contributed by atoms with Crippen LogP contribution in [0.2, 0.25) is 0 Å².